The molecule has 1 aromatic heterocycles. The van der Waals surface area contributed by atoms with E-state index in [1.54, 1.807) is 0 Å². The maximum atomic E-state index is 6.45. The van der Waals surface area contributed by atoms with Crippen LogP contribution in [0.4, 0.5) is 0 Å². The first kappa shape index (κ1) is 29.7. The Bertz CT molecular complexity index is 3220. The lowest BCUT2D eigenvalue weighted by Crippen LogP contribution is -1.86. The minimum absolute atomic E-state index is 0.906. The van der Waals surface area contributed by atoms with E-state index in [-0.39, 0.29) is 0 Å². The van der Waals surface area contributed by atoms with Crippen LogP contribution in [0.15, 0.2) is 199 Å². The van der Waals surface area contributed by atoms with Crippen molar-refractivity contribution in [1.29, 1.82) is 0 Å². The number of fused-ring (bicyclic) bond motifs is 8. The molecule has 0 radical (unpaired) electrons. The van der Waals surface area contributed by atoms with Gasteiger partial charge in [0.15, 0.2) is 0 Å². The summed E-state index contributed by atoms with van der Waals surface area (Å²) in [6, 6.07) is 70.6. The number of hydrogen-bond acceptors (Lipinski definition) is 1. The highest BCUT2D eigenvalue weighted by Gasteiger charge is 2.12. The van der Waals surface area contributed by atoms with E-state index < -0.39 is 0 Å². The largest absolute Gasteiger partial charge is 0.456 e. The molecule has 10 aromatic carbocycles. The van der Waals surface area contributed by atoms with Crippen LogP contribution in [-0.2, 0) is 0 Å². The van der Waals surface area contributed by atoms with Crippen molar-refractivity contribution in [2.45, 2.75) is 0 Å². The molecule has 0 saturated carbocycles. The number of hydrogen-bond donors (Lipinski definition) is 0. The Morgan fingerprint density at radius 1 is 0.226 bits per heavy atom. The Morgan fingerprint density at radius 3 is 1.30 bits per heavy atom. The monoisotopic (exact) mass is 672 g/mol. The maximum absolute atomic E-state index is 6.45. The lowest BCUT2D eigenvalue weighted by molar-refractivity contribution is 0.669. The Labute approximate surface area is 307 Å². The van der Waals surface area contributed by atoms with Gasteiger partial charge in [-0.25, -0.2) is 0 Å². The zero-order valence-corrected chi connectivity index (χ0v) is 28.9. The zero-order chi connectivity index (χ0) is 34.9. The maximum Gasteiger partial charge on any atom is 0.136 e. The van der Waals surface area contributed by atoms with Crippen molar-refractivity contribution in [3.8, 4) is 44.5 Å². The van der Waals surface area contributed by atoms with Gasteiger partial charge in [-0.15, -0.1) is 0 Å². The van der Waals surface area contributed by atoms with E-state index >= 15 is 0 Å². The molecule has 0 aliphatic carbocycles. The first-order valence-electron chi connectivity index (χ1n) is 18.2. The van der Waals surface area contributed by atoms with Crippen LogP contribution in [0.1, 0.15) is 0 Å². The van der Waals surface area contributed by atoms with Gasteiger partial charge in [-0.2, -0.15) is 0 Å². The van der Waals surface area contributed by atoms with Crippen LogP contribution in [-0.4, -0.2) is 0 Å². The molecule has 1 heteroatoms. The molecule has 246 valence electrons. The van der Waals surface area contributed by atoms with Crippen molar-refractivity contribution in [2.75, 3.05) is 0 Å². The summed E-state index contributed by atoms with van der Waals surface area (Å²) in [5.41, 5.74) is 11.4. The molecule has 0 atom stereocenters. The molecular formula is C52H32O. The highest BCUT2D eigenvalue weighted by molar-refractivity contribution is 6.14. The molecule has 0 fully saturated rings. The topological polar surface area (TPSA) is 13.1 Å². The van der Waals surface area contributed by atoms with Crippen molar-refractivity contribution < 1.29 is 4.42 Å². The molecule has 11 rings (SSSR count). The summed E-state index contributed by atoms with van der Waals surface area (Å²) in [5, 5.41) is 12.3. The summed E-state index contributed by atoms with van der Waals surface area (Å²) in [7, 11) is 0. The Morgan fingerprint density at radius 2 is 0.679 bits per heavy atom. The van der Waals surface area contributed by atoms with E-state index in [1.165, 1.54) is 76.5 Å². The highest BCUT2D eigenvalue weighted by Crippen LogP contribution is 2.38. The van der Waals surface area contributed by atoms with E-state index in [4.69, 9.17) is 4.42 Å². The van der Waals surface area contributed by atoms with Gasteiger partial charge in [0.2, 0.25) is 0 Å². The van der Waals surface area contributed by atoms with Crippen LogP contribution in [0.25, 0.3) is 110 Å². The Hall–Kier alpha value is -6.96. The Balaban J connectivity index is 0.959. The van der Waals surface area contributed by atoms with E-state index in [0.717, 1.165) is 33.1 Å². The SMILES string of the molecule is c1ccc(-c2ccc3c(c2)oc2cc(-c4ccc5ccc(-c6ccc7ccc(-c8cc9ccccc9c9ccccc89)cc7c6)cc5c4)ccc23)cc1. The van der Waals surface area contributed by atoms with Crippen LogP contribution in [0.2, 0.25) is 0 Å². The number of rotatable bonds is 4. The average Bonchev–Trinajstić information content (AvgIpc) is 3.60. The lowest BCUT2D eigenvalue weighted by Gasteiger charge is -2.12. The fraction of sp³-hybridized carbons (Fsp3) is 0. The van der Waals surface area contributed by atoms with Crippen molar-refractivity contribution in [3.05, 3.63) is 194 Å². The Kier molecular flexibility index (Phi) is 6.62. The second-order valence-electron chi connectivity index (χ2n) is 14.1. The highest BCUT2D eigenvalue weighted by atomic mass is 16.3. The van der Waals surface area contributed by atoms with E-state index in [1.807, 2.05) is 6.07 Å². The third kappa shape index (κ3) is 5.01. The molecule has 0 aliphatic heterocycles. The van der Waals surface area contributed by atoms with Gasteiger partial charge in [0, 0.05) is 10.8 Å². The van der Waals surface area contributed by atoms with Gasteiger partial charge in [0.1, 0.15) is 11.2 Å². The van der Waals surface area contributed by atoms with Crippen LogP contribution >= 0.6 is 0 Å². The first-order valence-corrected chi connectivity index (χ1v) is 18.2. The van der Waals surface area contributed by atoms with E-state index in [0.29, 0.717) is 0 Å². The fourth-order valence-electron chi connectivity index (χ4n) is 8.26. The summed E-state index contributed by atoms with van der Waals surface area (Å²) in [6.45, 7) is 0. The molecule has 0 aliphatic rings. The predicted octanol–water partition coefficient (Wildman–Crippen LogP) is 14.9. The van der Waals surface area contributed by atoms with Gasteiger partial charge in [-0.05, 0) is 142 Å². The molecule has 0 saturated heterocycles. The molecular weight excluding hydrogens is 641 g/mol. The molecule has 0 N–H and O–H groups in total. The van der Waals surface area contributed by atoms with Crippen LogP contribution in [0.5, 0.6) is 0 Å². The van der Waals surface area contributed by atoms with Crippen LogP contribution < -0.4 is 0 Å². The van der Waals surface area contributed by atoms with Crippen LogP contribution in [0.3, 0.4) is 0 Å². The van der Waals surface area contributed by atoms with Gasteiger partial charge in [0.25, 0.3) is 0 Å². The standard InChI is InChI=1S/C52H32O/c1-2-8-33(9-3-1)39-22-24-48-49-25-23-40(32-52(49)53-51(48)31-39)38-20-16-34-14-18-36(26-43(34)28-38)37-19-15-35-17-21-42(29-44(35)27-37)50-30-41-10-4-5-11-45(41)46-12-6-7-13-47(46)50/h1-32H. The molecule has 0 unspecified atom stereocenters. The third-order valence-electron chi connectivity index (χ3n) is 11.0. The second kappa shape index (κ2) is 11.8. The van der Waals surface area contributed by atoms with Crippen molar-refractivity contribution in [1.82, 2.24) is 0 Å². The molecule has 0 amide bonds. The molecule has 1 nitrogen and oxygen atoms in total. The smallest absolute Gasteiger partial charge is 0.136 e. The third-order valence-corrected chi connectivity index (χ3v) is 11.0. The molecule has 53 heavy (non-hydrogen) atoms. The lowest BCUT2D eigenvalue weighted by atomic mass is 9.91. The van der Waals surface area contributed by atoms with Crippen molar-refractivity contribution in [2.24, 2.45) is 0 Å². The van der Waals surface area contributed by atoms with Gasteiger partial charge >= 0.3 is 0 Å². The normalized spacial score (nSPS) is 11.8. The van der Waals surface area contributed by atoms with Gasteiger partial charge in [-0.3, -0.25) is 0 Å². The molecule has 11 aromatic rings. The fourth-order valence-corrected chi connectivity index (χ4v) is 8.26. The van der Waals surface area contributed by atoms with Crippen LogP contribution in [0, 0.1) is 0 Å². The van der Waals surface area contributed by atoms with Gasteiger partial charge in [-0.1, -0.05) is 140 Å². The molecule has 1 heterocycles. The van der Waals surface area contributed by atoms with Gasteiger partial charge < -0.3 is 4.42 Å². The number of furan rings is 1. The predicted molar refractivity (Wildman–Crippen MR) is 225 cm³/mol. The summed E-state index contributed by atoms with van der Waals surface area (Å²) in [5.74, 6) is 0. The zero-order valence-electron chi connectivity index (χ0n) is 28.9. The minimum Gasteiger partial charge on any atom is -0.456 e. The van der Waals surface area contributed by atoms with E-state index in [9.17, 15) is 0 Å². The van der Waals surface area contributed by atoms with E-state index in [2.05, 4.69) is 188 Å². The molecule has 0 bridgehead atoms. The molecule has 0 spiro atoms. The summed E-state index contributed by atoms with van der Waals surface area (Å²) in [6.07, 6.45) is 0. The minimum atomic E-state index is 0.906. The second-order valence-corrected chi connectivity index (χ2v) is 14.1. The van der Waals surface area contributed by atoms with Crippen molar-refractivity contribution >= 4 is 65.0 Å². The summed E-state index contributed by atoms with van der Waals surface area (Å²) < 4.78 is 6.45. The average molecular weight is 673 g/mol. The quantitative estimate of drug-likeness (QED) is 0.170. The summed E-state index contributed by atoms with van der Waals surface area (Å²) >= 11 is 0. The van der Waals surface area contributed by atoms with Crippen molar-refractivity contribution in [3.63, 3.8) is 0 Å². The first-order chi connectivity index (χ1) is 26.2. The summed E-state index contributed by atoms with van der Waals surface area (Å²) in [4.78, 5) is 0. The van der Waals surface area contributed by atoms with Gasteiger partial charge in [0.05, 0.1) is 0 Å². The number of benzene rings is 10.